The Balaban J connectivity index is 1.83. The lowest BCUT2D eigenvalue weighted by Crippen LogP contribution is -2.42. The van der Waals surface area contributed by atoms with Gasteiger partial charge in [-0.15, -0.1) is 0 Å². The van der Waals surface area contributed by atoms with Gasteiger partial charge < -0.3 is 14.9 Å². The molecule has 23 heavy (non-hydrogen) atoms. The number of rotatable bonds is 4. The van der Waals surface area contributed by atoms with Crippen LogP contribution in [0.15, 0.2) is 54.6 Å². The summed E-state index contributed by atoms with van der Waals surface area (Å²) in [7, 11) is 1.55. The molecule has 6 heteroatoms. The second-order valence-electron chi connectivity index (χ2n) is 5.44. The average Bonchev–Trinajstić information content (AvgIpc) is 2.79. The zero-order valence-corrected chi connectivity index (χ0v) is 12.6. The van der Waals surface area contributed by atoms with Gasteiger partial charge in [-0.2, -0.15) is 0 Å². The van der Waals surface area contributed by atoms with Crippen LogP contribution in [0, 0.1) is 0 Å². The van der Waals surface area contributed by atoms with E-state index in [-0.39, 0.29) is 6.54 Å². The molecule has 3 rings (SSSR count). The summed E-state index contributed by atoms with van der Waals surface area (Å²) < 4.78 is 5.08. The van der Waals surface area contributed by atoms with Crippen LogP contribution in [-0.4, -0.2) is 34.0 Å². The van der Waals surface area contributed by atoms with Crippen molar-refractivity contribution in [2.75, 3.05) is 7.11 Å². The third-order valence-corrected chi connectivity index (χ3v) is 3.88. The van der Waals surface area contributed by atoms with Gasteiger partial charge in [0, 0.05) is 0 Å². The molecular formula is C17H18N2O4. The smallest absolute Gasteiger partial charge is 0.299 e. The van der Waals surface area contributed by atoms with Crippen LogP contribution in [-0.2, 0) is 11.3 Å². The average molecular weight is 314 g/mol. The predicted octanol–water partition coefficient (Wildman–Crippen LogP) is 0.964. The Kier molecular flexibility index (Phi) is 4.04. The molecule has 0 saturated carbocycles. The van der Waals surface area contributed by atoms with E-state index in [1.165, 1.54) is 5.01 Å². The highest BCUT2D eigenvalue weighted by Crippen LogP contribution is 2.32. The van der Waals surface area contributed by atoms with Crippen LogP contribution in [0.5, 0.6) is 5.75 Å². The number of nitrogens with zero attached hydrogens (tertiary/aromatic N) is 1. The van der Waals surface area contributed by atoms with Crippen molar-refractivity contribution < 1.29 is 19.7 Å². The number of aliphatic hydroxyl groups is 2. The number of carbonyl (C=O) groups is 1. The number of amides is 1. The van der Waals surface area contributed by atoms with E-state index >= 15 is 0 Å². The fourth-order valence-corrected chi connectivity index (χ4v) is 2.61. The lowest BCUT2D eigenvalue weighted by molar-refractivity contribution is -0.187. The molecule has 2 aromatic carbocycles. The SMILES string of the molecule is COc1ccc(C2NN(Cc3ccccc3)C(=O)C2(O)O)cc1. The number of methoxy groups -OCH3 is 1. The van der Waals surface area contributed by atoms with Crippen LogP contribution in [0.3, 0.4) is 0 Å². The van der Waals surface area contributed by atoms with E-state index in [4.69, 9.17) is 4.74 Å². The number of benzene rings is 2. The first-order valence-corrected chi connectivity index (χ1v) is 7.23. The number of hydrogen-bond acceptors (Lipinski definition) is 5. The number of ether oxygens (including phenoxy) is 1. The van der Waals surface area contributed by atoms with Gasteiger partial charge in [0.05, 0.1) is 13.7 Å². The molecule has 3 N–H and O–H groups in total. The molecular weight excluding hydrogens is 296 g/mol. The molecule has 0 radical (unpaired) electrons. The first-order chi connectivity index (χ1) is 11.0. The highest BCUT2D eigenvalue weighted by molar-refractivity contribution is 5.86. The van der Waals surface area contributed by atoms with Crippen molar-refractivity contribution in [2.45, 2.75) is 18.4 Å². The van der Waals surface area contributed by atoms with E-state index in [0.29, 0.717) is 11.3 Å². The monoisotopic (exact) mass is 314 g/mol. The molecule has 1 atom stereocenters. The minimum atomic E-state index is -2.50. The normalized spacial score (nSPS) is 19.9. The van der Waals surface area contributed by atoms with Gasteiger partial charge in [0.1, 0.15) is 11.8 Å². The largest absolute Gasteiger partial charge is 0.497 e. The van der Waals surface area contributed by atoms with E-state index in [2.05, 4.69) is 5.43 Å². The summed E-state index contributed by atoms with van der Waals surface area (Å²) in [6.07, 6.45) is 0. The maximum atomic E-state index is 12.3. The van der Waals surface area contributed by atoms with E-state index in [1.807, 2.05) is 30.3 Å². The minimum Gasteiger partial charge on any atom is -0.497 e. The highest BCUT2D eigenvalue weighted by atomic mass is 16.5. The van der Waals surface area contributed by atoms with Crippen molar-refractivity contribution in [3.05, 3.63) is 65.7 Å². The number of carbonyl (C=O) groups excluding carboxylic acids is 1. The molecule has 1 aliphatic heterocycles. The lowest BCUT2D eigenvalue weighted by atomic mass is 10.00. The number of nitrogens with one attached hydrogen (secondary N) is 1. The molecule has 0 aliphatic carbocycles. The van der Waals surface area contributed by atoms with Gasteiger partial charge in [-0.05, 0) is 23.3 Å². The Bertz CT molecular complexity index is 685. The predicted molar refractivity (Wildman–Crippen MR) is 83.0 cm³/mol. The third kappa shape index (κ3) is 2.92. The molecule has 6 nitrogen and oxygen atoms in total. The summed E-state index contributed by atoms with van der Waals surface area (Å²) in [6.45, 7) is 0.245. The Morgan fingerprint density at radius 3 is 2.39 bits per heavy atom. The van der Waals surface area contributed by atoms with E-state index < -0.39 is 17.7 Å². The quantitative estimate of drug-likeness (QED) is 0.733. The van der Waals surface area contributed by atoms with Gasteiger partial charge in [0.15, 0.2) is 0 Å². The van der Waals surface area contributed by atoms with Crippen molar-refractivity contribution >= 4 is 5.91 Å². The molecule has 0 spiro atoms. The molecule has 2 aromatic rings. The molecule has 1 aliphatic rings. The summed E-state index contributed by atoms with van der Waals surface area (Å²) in [5.74, 6) is -2.62. The van der Waals surface area contributed by atoms with Gasteiger partial charge in [0.2, 0.25) is 0 Å². The summed E-state index contributed by atoms with van der Waals surface area (Å²) in [4.78, 5) is 12.3. The Labute approximate surface area is 133 Å². The molecule has 1 unspecified atom stereocenters. The van der Waals surface area contributed by atoms with Gasteiger partial charge in [-0.3, -0.25) is 9.80 Å². The topological polar surface area (TPSA) is 82.0 Å². The molecule has 0 aromatic heterocycles. The van der Waals surface area contributed by atoms with Crippen molar-refractivity contribution in [1.29, 1.82) is 0 Å². The van der Waals surface area contributed by atoms with Crippen molar-refractivity contribution in [2.24, 2.45) is 0 Å². The Hall–Kier alpha value is -2.41. The minimum absolute atomic E-state index is 0.245. The van der Waals surface area contributed by atoms with Crippen LogP contribution in [0.1, 0.15) is 17.2 Å². The summed E-state index contributed by atoms with van der Waals surface area (Å²) in [5, 5.41) is 21.7. The van der Waals surface area contributed by atoms with Gasteiger partial charge in [-0.25, -0.2) is 5.43 Å². The maximum absolute atomic E-state index is 12.3. The first kappa shape index (κ1) is 15.5. The summed E-state index contributed by atoms with van der Waals surface area (Å²) >= 11 is 0. The van der Waals surface area contributed by atoms with E-state index in [9.17, 15) is 15.0 Å². The Morgan fingerprint density at radius 1 is 1.13 bits per heavy atom. The fourth-order valence-electron chi connectivity index (χ4n) is 2.61. The molecule has 0 bridgehead atoms. The highest BCUT2D eigenvalue weighted by Gasteiger charge is 2.52. The van der Waals surface area contributed by atoms with Crippen LogP contribution in [0.2, 0.25) is 0 Å². The zero-order valence-electron chi connectivity index (χ0n) is 12.6. The number of hydrazine groups is 1. The second kappa shape index (κ2) is 6.00. The lowest BCUT2D eigenvalue weighted by Gasteiger charge is -2.20. The molecule has 1 fully saturated rings. The maximum Gasteiger partial charge on any atom is 0.299 e. The van der Waals surface area contributed by atoms with Crippen molar-refractivity contribution in [3.63, 3.8) is 0 Å². The fraction of sp³-hybridized carbons (Fsp3) is 0.235. The number of hydrogen-bond donors (Lipinski definition) is 3. The summed E-state index contributed by atoms with van der Waals surface area (Å²) in [6, 6.07) is 15.2. The second-order valence-corrected chi connectivity index (χ2v) is 5.44. The Morgan fingerprint density at radius 2 is 1.78 bits per heavy atom. The standard InChI is InChI=1S/C17H18N2O4/c1-23-14-9-7-13(8-10-14)15-17(21,22)16(20)19(18-15)11-12-5-3-2-4-6-12/h2-10,15,18,21-22H,11H2,1H3. The van der Waals surface area contributed by atoms with Gasteiger partial charge in [0.25, 0.3) is 11.7 Å². The first-order valence-electron chi connectivity index (χ1n) is 7.23. The zero-order chi connectivity index (χ0) is 16.4. The molecule has 120 valence electrons. The molecule has 1 amide bonds. The van der Waals surface area contributed by atoms with Crippen LogP contribution < -0.4 is 10.2 Å². The van der Waals surface area contributed by atoms with Crippen molar-refractivity contribution in [1.82, 2.24) is 10.4 Å². The third-order valence-electron chi connectivity index (χ3n) is 3.88. The van der Waals surface area contributed by atoms with E-state index in [0.717, 1.165) is 5.56 Å². The van der Waals surface area contributed by atoms with Gasteiger partial charge >= 0.3 is 0 Å². The van der Waals surface area contributed by atoms with Crippen LogP contribution >= 0.6 is 0 Å². The van der Waals surface area contributed by atoms with E-state index in [1.54, 1.807) is 31.4 Å². The van der Waals surface area contributed by atoms with Gasteiger partial charge in [-0.1, -0.05) is 42.5 Å². The summed E-state index contributed by atoms with van der Waals surface area (Å²) in [5.41, 5.74) is 4.35. The molecule has 1 heterocycles. The molecule has 1 saturated heterocycles. The van der Waals surface area contributed by atoms with Crippen LogP contribution in [0.25, 0.3) is 0 Å². The van der Waals surface area contributed by atoms with Crippen molar-refractivity contribution in [3.8, 4) is 5.75 Å². The van der Waals surface area contributed by atoms with Crippen LogP contribution in [0.4, 0.5) is 0 Å².